The van der Waals surface area contributed by atoms with Gasteiger partial charge in [0.05, 0.1) is 29.3 Å². The van der Waals surface area contributed by atoms with Crippen molar-refractivity contribution < 1.29 is 14.2 Å². The summed E-state index contributed by atoms with van der Waals surface area (Å²) < 4.78 is 19.7. The summed E-state index contributed by atoms with van der Waals surface area (Å²) in [6.07, 6.45) is 8.40. The minimum Gasteiger partial charge on any atom is -0.508 e. The number of phenolic OH excluding ortho intramolecular Hbond substituents is 1. The predicted molar refractivity (Wildman–Crippen MR) is 118 cm³/mol. The molecular formula is C24H19FN4O2. The molecule has 5 rings (SSSR count). The van der Waals surface area contributed by atoms with Crippen molar-refractivity contribution in [1.82, 2.24) is 15.0 Å². The number of fused-ring (bicyclic) bond motifs is 2. The van der Waals surface area contributed by atoms with Gasteiger partial charge in [-0.1, -0.05) is 12.0 Å². The second-order valence-corrected chi connectivity index (χ2v) is 7.61. The number of nitrogens with zero attached hydrogens (tertiary/aromatic N) is 4. The smallest absolute Gasteiger partial charge is 0.316 e. The molecule has 31 heavy (non-hydrogen) atoms. The number of pyridine rings is 1. The average molecular weight is 414 g/mol. The zero-order valence-electron chi connectivity index (χ0n) is 17.1. The van der Waals surface area contributed by atoms with Crippen molar-refractivity contribution >= 4 is 27.5 Å². The Morgan fingerprint density at radius 1 is 1.26 bits per heavy atom. The van der Waals surface area contributed by atoms with Gasteiger partial charge in [-0.2, -0.15) is 4.98 Å². The summed E-state index contributed by atoms with van der Waals surface area (Å²) in [5.41, 5.74) is 1.84. The van der Waals surface area contributed by atoms with Gasteiger partial charge in [0.15, 0.2) is 0 Å². The van der Waals surface area contributed by atoms with E-state index in [-0.39, 0.29) is 17.3 Å². The van der Waals surface area contributed by atoms with Crippen LogP contribution in [0.15, 0.2) is 36.5 Å². The number of hydrogen-bond donors (Lipinski definition) is 1. The van der Waals surface area contributed by atoms with Gasteiger partial charge in [-0.25, -0.2) is 14.4 Å². The van der Waals surface area contributed by atoms with Gasteiger partial charge in [0.1, 0.15) is 17.4 Å². The molecule has 6 nitrogen and oxygen atoms in total. The second-order valence-electron chi connectivity index (χ2n) is 7.61. The van der Waals surface area contributed by atoms with Crippen molar-refractivity contribution in [2.24, 2.45) is 0 Å². The Kier molecular flexibility index (Phi) is 4.36. The number of phenols is 1. The number of aromatic nitrogens is 3. The van der Waals surface area contributed by atoms with Crippen LogP contribution in [0.1, 0.15) is 18.9 Å². The third kappa shape index (κ3) is 2.99. The maximum atomic E-state index is 14.5. The molecule has 7 heteroatoms. The maximum Gasteiger partial charge on any atom is 0.316 e. The van der Waals surface area contributed by atoms with Crippen LogP contribution in [0.2, 0.25) is 0 Å². The highest BCUT2D eigenvalue weighted by Crippen LogP contribution is 2.39. The Labute approximate surface area is 178 Å². The lowest BCUT2D eigenvalue weighted by atomic mass is 9.95. The van der Waals surface area contributed by atoms with Gasteiger partial charge in [-0.3, -0.25) is 0 Å². The fraction of sp³-hybridized carbons (Fsp3) is 0.208. The van der Waals surface area contributed by atoms with Crippen LogP contribution in [0, 0.1) is 18.2 Å². The van der Waals surface area contributed by atoms with E-state index >= 15 is 0 Å². The lowest BCUT2D eigenvalue weighted by molar-refractivity contribution is 0.382. The summed E-state index contributed by atoms with van der Waals surface area (Å²) in [5, 5.41) is 12.3. The Morgan fingerprint density at radius 3 is 2.77 bits per heavy atom. The zero-order valence-corrected chi connectivity index (χ0v) is 17.1. The number of terminal acetylenes is 1. The summed E-state index contributed by atoms with van der Waals surface area (Å²) in [5.74, 6) is 2.73. The van der Waals surface area contributed by atoms with E-state index in [4.69, 9.17) is 16.1 Å². The molecule has 2 aromatic carbocycles. The van der Waals surface area contributed by atoms with E-state index < -0.39 is 5.82 Å². The van der Waals surface area contributed by atoms with Crippen LogP contribution in [0.5, 0.6) is 11.8 Å². The van der Waals surface area contributed by atoms with Crippen LogP contribution in [0.25, 0.3) is 32.9 Å². The van der Waals surface area contributed by atoms with Gasteiger partial charge in [0, 0.05) is 29.7 Å². The van der Waals surface area contributed by atoms with Crippen molar-refractivity contribution in [3.8, 4) is 35.4 Å². The fourth-order valence-electron chi connectivity index (χ4n) is 4.05. The number of halogens is 1. The Bertz CT molecular complexity index is 1400. The molecule has 0 bridgehead atoms. The molecule has 1 atom stereocenters. The molecule has 0 spiro atoms. The molecule has 2 aromatic heterocycles. The van der Waals surface area contributed by atoms with E-state index in [0.717, 1.165) is 24.2 Å². The summed E-state index contributed by atoms with van der Waals surface area (Å²) in [6.45, 7) is 2.99. The van der Waals surface area contributed by atoms with E-state index in [1.165, 1.54) is 13.2 Å². The molecule has 0 radical (unpaired) electrons. The van der Waals surface area contributed by atoms with Crippen molar-refractivity contribution in [2.45, 2.75) is 19.4 Å². The molecule has 1 unspecified atom stereocenters. The summed E-state index contributed by atoms with van der Waals surface area (Å²) in [7, 11) is 1.51. The van der Waals surface area contributed by atoms with Gasteiger partial charge < -0.3 is 14.7 Å². The molecule has 1 N–H and O–H groups in total. The lowest BCUT2D eigenvalue weighted by Crippen LogP contribution is -2.46. The quantitative estimate of drug-likeness (QED) is 0.505. The van der Waals surface area contributed by atoms with Gasteiger partial charge in [-0.15, -0.1) is 6.42 Å². The highest BCUT2D eigenvalue weighted by Gasteiger charge is 2.28. The first kappa shape index (κ1) is 19.1. The predicted octanol–water partition coefficient (Wildman–Crippen LogP) is 4.28. The topological polar surface area (TPSA) is 71.4 Å². The second kappa shape index (κ2) is 7.10. The molecule has 154 valence electrons. The number of aromatic hydroxyl groups is 1. The monoisotopic (exact) mass is 414 g/mol. The van der Waals surface area contributed by atoms with Crippen LogP contribution < -0.4 is 9.64 Å². The van der Waals surface area contributed by atoms with E-state index in [1.54, 1.807) is 30.5 Å². The number of rotatable bonds is 3. The molecule has 0 amide bonds. The first-order valence-electron chi connectivity index (χ1n) is 9.90. The number of methoxy groups -OCH3 is 1. The standard InChI is InChI=1S/C24H19FN4O2/c1-4-16-19(25)6-5-14-9-15(30)10-17(22(14)16)20-11-21-18(12-26-24(28-21)31-3)23(27-20)29-8-7-13(29)2/h1,5-6,9-13,30H,7-8H2,2-3H3. The van der Waals surface area contributed by atoms with Gasteiger partial charge in [0.25, 0.3) is 0 Å². The number of ether oxygens (including phenoxy) is 1. The molecule has 1 saturated heterocycles. The Balaban J connectivity index is 1.86. The van der Waals surface area contributed by atoms with E-state index in [2.05, 4.69) is 27.7 Å². The molecule has 0 aliphatic carbocycles. The first-order valence-corrected chi connectivity index (χ1v) is 9.90. The van der Waals surface area contributed by atoms with E-state index in [0.29, 0.717) is 33.6 Å². The molecule has 1 aliphatic rings. The van der Waals surface area contributed by atoms with Crippen molar-refractivity contribution in [1.29, 1.82) is 0 Å². The van der Waals surface area contributed by atoms with Crippen molar-refractivity contribution in [3.05, 3.63) is 47.9 Å². The van der Waals surface area contributed by atoms with Crippen LogP contribution in [-0.4, -0.2) is 39.8 Å². The SMILES string of the molecule is C#Cc1c(F)ccc2cc(O)cc(-c3cc4nc(OC)ncc4c(N4CCC4C)n3)c12. The van der Waals surface area contributed by atoms with Gasteiger partial charge in [-0.05, 0) is 43.0 Å². The van der Waals surface area contributed by atoms with Crippen molar-refractivity contribution in [3.63, 3.8) is 0 Å². The van der Waals surface area contributed by atoms with Gasteiger partial charge >= 0.3 is 6.01 Å². The normalized spacial score (nSPS) is 15.7. The highest BCUT2D eigenvalue weighted by molar-refractivity contribution is 6.03. The molecule has 4 aromatic rings. The molecule has 1 fully saturated rings. The van der Waals surface area contributed by atoms with E-state index in [9.17, 15) is 9.50 Å². The molecule has 3 heterocycles. The van der Waals surface area contributed by atoms with Crippen LogP contribution in [0.4, 0.5) is 10.2 Å². The molecular weight excluding hydrogens is 395 g/mol. The number of benzene rings is 2. The fourth-order valence-corrected chi connectivity index (χ4v) is 4.05. The first-order chi connectivity index (χ1) is 15.0. The number of hydrogen-bond acceptors (Lipinski definition) is 6. The largest absolute Gasteiger partial charge is 0.508 e. The number of anilines is 1. The van der Waals surface area contributed by atoms with Gasteiger partial charge in [0.2, 0.25) is 0 Å². The maximum absolute atomic E-state index is 14.5. The third-order valence-electron chi connectivity index (χ3n) is 5.78. The highest BCUT2D eigenvalue weighted by atomic mass is 19.1. The minimum absolute atomic E-state index is 0.0399. The summed E-state index contributed by atoms with van der Waals surface area (Å²) >= 11 is 0. The molecule has 1 aliphatic heterocycles. The Morgan fingerprint density at radius 2 is 2.10 bits per heavy atom. The van der Waals surface area contributed by atoms with Crippen LogP contribution >= 0.6 is 0 Å². The average Bonchev–Trinajstić information content (AvgIpc) is 2.77. The van der Waals surface area contributed by atoms with Crippen molar-refractivity contribution in [2.75, 3.05) is 18.6 Å². The summed E-state index contributed by atoms with van der Waals surface area (Å²) in [4.78, 5) is 15.8. The minimum atomic E-state index is -0.497. The van der Waals surface area contributed by atoms with E-state index in [1.807, 2.05) is 0 Å². The molecule has 0 saturated carbocycles. The lowest BCUT2D eigenvalue weighted by Gasteiger charge is -2.40. The van der Waals surface area contributed by atoms with Crippen LogP contribution in [-0.2, 0) is 0 Å². The van der Waals surface area contributed by atoms with Crippen LogP contribution in [0.3, 0.4) is 0 Å². The zero-order chi connectivity index (χ0) is 21.7. The Hall–Kier alpha value is -3.92. The third-order valence-corrected chi connectivity index (χ3v) is 5.78. The summed E-state index contributed by atoms with van der Waals surface area (Å²) in [6, 6.07) is 8.37.